The van der Waals surface area contributed by atoms with Crippen molar-refractivity contribution in [2.75, 3.05) is 5.32 Å². The van der Waals surface area contributed by atoms with E-state index in [2.05, 4.69) is 17.3 Å². The van der Waals surface area contributed by atoms with Gasteiger partial charge in [0, 0.05) is 16.1 Å². The van der Waals surface area contributed by atoms with Gasteiger partial charge < -0.3 is 5.32 Å². The molecule has 4 nitrogen and oxygen atoms in total. The fourth-order valence-electron chi connectivity index (χ4n) is 2.76. The Morgan fingerprint density at radius 3 is 2.79 bits per heavy atom. The first kappa shape index (κ1) is 16.5. The maximum atomic E-state index is 12.6. The quantitative estimate of drug-likeness (QED) is 0.622. The lowest BCUT2D eigenvalue weighted by Crippen LogP contribution is -2.20. The number of amides is 1. The van der Waals surface area contributed by atoms with Gasteiger partial charge in [-0.1, -0.05) is 55.6 Å². The number of aryl methyl sites for hydroxylation is 1. The van der Waals surface area contributed by atoms with Crippen molar-refractivity contribution < 1.29 is 4.79 Å². The SMILES string of the molecule is CCCCCc1nn(C(=O)Nc2cccc(Cl)c2)c2ccccc12. The Morgan fingerprint density at radius 1 is 1.17 bits per heavy atom. The number of aromatic nitrogens is 2. The molecule has 2 aromatic carbocycles. The molecule has 0 saturated carbocycles. The molecule has 1 N–H and O–H groups in total. The summed E-state index contributed by atoms with van der Waals surface area (Å²) in [6.45, 7) is 2.18. The molecule has 0 aliphatic heterocycles. The molecule has 0 unspecified atom stereocenters. The molecule has 0 saturated heterocycles. The lowest BCUT2D eigenvalue weighted by atomic mass is 10.1. The molecular weight excluding hydrogens is 322 g/mol. The van der Waals surface area contributed by atoms with Crippen LogP contribution in [0.3, 0.4) is 0 Å². The fraction of sp³-hybridized carbons (Fsp3) is 0.263. The summed E-state index contributed by atoms with van der Waals surface area (Å²) in [5, 5.41) is 9.02. The second kappa shape index (κ2) is 7.49. The van der Waals surface area contributed by atoms with Crippen molar-refractivity contribution in [3.8, 4) is 0 Å². The molecule has 1 amide bonds. The molecule has 0 radical (unpaired) electrons. The lowest BCUT2D eigenvalue weighted by molar-refractivity contribution is 0.251. The molecule has 0 bridgehead atoms. The van der Waals surface area contributed by atoms with Crippen LogP contribution in [0, 0.1) is 0 Å². The van der Waals surface area contributed by atoms with Gasteiger partial charge in [-0.3, -0.25) is 0 Å². The van der Waals surface area contributed by atoms with E-state index in [1.807, 2.05) is 24.3 Å². The third-order valence-electron chi connectivity index (χ3n) is 3.95. The Hall–Kier alpha value is -2.33. The summed E-state index contributed by atoms with van der Waals surface area (Å²) in [6, 6.07) is 14.6. The normalized spacial score (nSPS) is 10.9. The number of hydrogen-bond donors (Lipinski definition) is 1. The fourth-order valence-corrected chi connectivity index (χ4v) is 2.95. The van der Waals surface area contributed by atoms with Crippen LogP contribution in [0.2, 0.25) is 5.02 Å². The largest absolute Gasteiger partial charge is 0.347 e. The van der Waals surface area contributed by atoms with Crippen LogP contribution in [0.25, 0.3) is 10.9 Å². The monoisotopic (exact) mass is 341 g/mol. The molecule has 0 atom stereocenters. The standard InChI is InChI=1S/C19H20ClN3O/c1-2-3-4-11-17-16-10-5-6-12-18(16)23(22-17)19(24)21-15-9-7-8-14(20)13-15/h5-10,12-13H,2-4,11H2,1H3,(H,21,24). The molecule has 3 aromatic rings. The summed E-state index contributed by atoms with van der Waals surface area (Å²) < 4.78 is 1.44. The van der Waals surface area contributed by atoms with E-state index in [0.717, 1.165) is 42.3 Å². The number of halogens is 1. The number of para-hydroxylation sites is 1. The van der Waals surface area contributed by atoms with E-state index in [1.54, 1.807) is 24.3 Å². The van der Waals surface area contributed by atoms with Gasteiger partial charge in [-0.05, 0) is 37.1 Å². The van der Waals surface area contributed by atoms with E-state index in [0.29, 0.717) is 10.7 Å². The maximum Gasteiger partial charge on any atom is 0.347 e. The third kappa shape index (κ3) is 3.60. The average Bonchev–Trinajstić information content (AvgIpc) is 2.94. The van der Waals surface area contributed by atoms with Gasteiger partial charge in [0.15, 0.2) is 0 Å². The van der Waals surface area contributed by atoms with Gasteiger partial charge in [0.2, 0.25) is 0 Å². The van der Waals surface area contributed by atoms with Gasteiger partial charge in [0.1, 0.15) is 0 Å². The van der Waals surface area contributed by atoms with Crippen molar-refractivity contribution in [2.45, 2.75) is 32.6 Å². The predicted molar refractivity (Wildman–Crippen MR) is 98.8 cm³/mol. The van der Waals surface area contributed by atoms with Crippen LogP contribution in [0.15, 0.2) is 48.5 Å². The summed E-state index contributed by atoms with van der Waals surface area (Å²) in [6.07, 6.45) is 4.28. The average molecular weight is 342 g/mol. The van der Waals surface area contributed by atoms with Gasteiger partial charge in [-0.25, -0.2) is 4.79 Å². The topological polar surface area (TPSA) is 46.9 Å². The summed E-state index contributed by atoms with van der Waals surface area (Å²) >= 11 is 5.97. The Bertz CT molecular complexity index is 857. The van der Waals surface area contributed by atoms with Crippen molar-refractivity contribution in [3.05, 3.63) is 59.2 Å². The molecule has 5 heteroatoms. The Morgan fingerprint density at radius 2 is 2.00 bits per heavy atom. The number of fused-ring (bicyclic) bond motifs is 1. The molecule has 0 aliphatic rings. The van der Waals surface area contributed by atoms with Crippen molar-refractivity contribution in [1.82, 2.24) is 9.78 Å². The van der Waals surface area contributed by atoms with E-state index in [1.165, 1.54) is 4.68 Å². The van der Waals surface area contributed by atoms with Gasteiger partial charge in [-0.15, -0.1) is 0 Å². The van der Waals surface area contributed by atoms with Crippen LogP contribution in [0.5, 0.6) is 0 Å². The molecule has 1 aromatic heterocycles. The van der Waals surface area contributed by atoms with Crippen molar-refractivity contribution >= 4 is 34.2 Å². The minimum Gasteiger partial charge on any atom is -0.306 e. The highest BCUT2D eigenvalue weighted by atomic mass is 35.5. The van der Waals surface area contributed by atoms with E-state index >= 15 is 0 Å². The number of hydrogen-bond acceptors (Lipinski definition) is 2. The molecule has 0 fully saturated rings. The van der Waals surface area contributed by atoms with Crippen LogP contribution < -0.4 is 5.32 Å². The van der Waals surface area contributed by atoms with Crippen molar-refractivity contribution in [1.29, 1.82) is 0 Å². The zero-order valence-electron chi connectivity index (χ0n) is 13.6. The molecule has 1 heterocycles. The summed E-state index contributed by atoms with van der Waals surface area (Å²) in [7, 11) is 0. The van der Waals surface area contributed by atoms with E-state index < -0.39 is 0 Å². The number of unbranched alkanes of at least 4 members (excludes halogenated alkanes) is 2. The van der Waals surface area contributed by atoms with E-state index in [4.69, 9.17) is 11.6 Å². The lowest BCUT2D eigenvalue weighted by Gasteiger charge is -2.06. The maximum absolute atomic E-state index is 12.6. The highest BCUT2D eigenvalue weighted by Crippen LogP contribution is 2.21. The van der Waals surface area contributed by atoms with Crippen molar-refractivity contribution in [2.24, 2.45) is 0 Å². The van der Waals surface area contributed by atoms with Crippen LogP contribution in [-0.4, -0.2) is 15.8 Å². The number of anilines is 1. The Balaban J connectivity index is 1.89. The molecule has 24 heavy (non-hydrogen) atoms. The van der Waals surface area contributed by atoms with Gasteiger partial charge in [-0.2, -0.15) is 9.78 Å². The van der Waals surface area contributed by atoms with Crippen LogP contribution in [0.4, 0.5) is 10.5 Å². The number of carbonyl (C=O) groups is 1. The second-order valence-corrected chi connectivity index (χ2v) is 6.21. The zero-order chi connectivity index (χ0) is 16.9. The van der Waals surface area contributed by atoms with Gasteiger partial charge in [0.05, 0.1) is 11.2 Å². The first-order valence-electron chi connectivity index (χ1n) is 8.22. The van der Waals surface area contributed by atoms with Crippen LogP contribution >= 0.6 is 11.6 Å². The van der Waals surface area contributed by atoms with E-state index in [9.17, 15) is 4.79 Å². The highest BCUT2D eigenvalue weighted by molar-refractivity contribution is 6.30. The molecule has 0 spiro atoms. The first-order chi connectivity index (χ1) is 11.7. The minimum atomic E-state index is -0.282. The molecular formula is C19H20ClN3O. The first-order valence-corrected chi connectivity index (χ1v) is 8.60. The van der Waals surface area contributed by atoms with Crippen molar-refractivity contribution in [3.63, 3.8) is 0 Å². The molecule has 3 rings (SSSR count). The number of benzene rings is 2. The summed E-state index contributed by atoms with van der Waals surface area (Å²) in [5.74, 6) is 0. The smallest absolute Gasteiger partial charge is 0.306 e. The number of carbonyl (C=O) groups excluding carboxylic acids is 1. The Labute approximate surface area is 146 Å². The molecule has 124 valence electrons. The molecule has 0 aliphatic carbocycles. The summed E-state index contributed by atoms with van der Waals surface area (Å²) in [5.41, 5.74) is 2.45. The zero-order valence-corrected chi connectivity index (χ0v) is 14.4. The Kier molecular flexibility index (Phi) is 5.16. The van der Waals surface area contributed by atoms with Crippen LogP contribution in [0.1, 0.15) is 31.9 Å². The van der Waals surface area contributed by atoms with E-state index in [-0.39, 0.29) is 6.03 Å². The third-order valence-corrected chi connectivity index (χ3v) is 4.18. The number of rotatable bonds is 5. The second-order valence-electron chi connectivity index (χ2n) is 5.77. The number of nitrogens with one attached hydrogen (secondary N) is 1. The summed E-state index contributed by atoms with van der Waals surface area (Å²) in [4.78, 5) is 12.6. The van der Waals surface area contributed by atoms with Gasteiger partial charge in [0.25, 0.3) is 0 Å². The minimum absolute atomic E-state index is 0.282. The predicted octanol–water partition coefficient (Wildman–Crippen LogP) is 5.50. The highest BCUT2D eigenvalue weighted by Gasteiger charge is 2.15. The number of nitrogens with zero attached hydrogens (tertiary/aromatic N) is 2. The van der Waals surface area contributed by atoms with Gasteiger partial charge >= 0.3 is 6.03 Å². The van der Waals surface area contributed by atoms with Crippen LogP contribution in [-0.2, 0) is 6.42 Å².